The van der Waals surface area contributed by atoms with Crippen LogP contribution in [0.3, 0.4) is 0 Å². The minimum absolute atomic E-state index is 0. The van der Waals surface area contributed by atoms with Crippen molar-refractivity contribution >= 4 is 53.7 Å². The van der Waals surface area contributed by atoms with E-state index in [2.05, 4.69) is 16.0 Å². The molecule has 2 aromatic rings. The highest BCUT2D eigenvalue weighted by Crippen LogP contribution is 2.27. The molecule has 1 aromatic heterocycles. The van der Waals surface area contributed by atoms with Crippen LogP contribution in [0.4, 0.5) is 5.69 Å². The molecule has 0 bridgehead atoms. The zero-order chi connectivity index (χ0) is 18.8. The van der Waals surface area contributed by atoms with E-state index in [4.69, 9.17) is 5.73 Å². The smallest absolute Gasteiger partial charge is 0.273 e. The van der Waals surface area contributed by atoms with E-state index in [1.165, 1.54) is 16.9 Å². The second kappa shape index (κ2) is 10.4. The van der Waals surface area contributed by atoms with Gasteiger partial charge in [-0.25, -0.2) is 4.98 Å². The van der Waals surface area contributed by atoms with Crippen LogP contribution in [0.15, 0.2) is 29.6 Å². The van der Waals surface area contributed by atoms with Crippen LogP contribution in [0, 0.1) is 0 Å². The quantitative estimate of drug-likeness (QED) is 0.756. The Balaban J connectivity index is 0.00000150. The first kappa shape index (κ1) is 23.6. The monoisotopic (exact) mass is 457 g/mol. The summed E-state index contributed by atoms with van der Waals surface area (Å²) in [6.07, 6.45) is 0.919. The molecule has 2 aliphatic heterocycles. The third-order valence-corrected chi connectivity index (χ3v) is 6.02. The number of rotatable bonds is 4. The summed E-state index contributed by atoms with van der Waals surface area (Å²) in [5.74, 6) is 0.0808. The predicted molar refractivity (Wildman–Crippen MR) is 119 cm³/mol. The van der Waals surface area contributed by atoms with Gasteiger partial charge in [0, 0.05) is 50.3 Å². The van der Waals surface area contributed by atoms with Crippen molar-refractivity contribution < 1.29 is 9.59 Å². The summed E-state index contributed by atoms with van der Waals surface area (Å²) < 4.78 is 0. The average molecular weight is 458 g/mol. The van der Waals surface area contributed by atoms with Gasteiger partial charge in [-0.15, -0.1) is 36.2 Å². The zero-order valence-corrected chi connectivity index (χ0v) is 18.4. The van der Waals surface area contributed by atoms with Crippen molar-refractivity contribution in [3.05, 3.63) is 45.9 Å². The summed E-state index contributed by atoms with van der Waals surface area (Å²) >= 11 is 1.42. The molecule has 0 saturated carbocycles. The van der Waals surface area contributed by atoms with Crippen LogP contribution in [0.25, 0.3) is 0 Å². The maximum atomic E-state index is 12.7. The highest BCUT2D eigenvalue weighted by atomic mass is 35.5. The van der Waals surface area contributed by atoms with Crippen molar-refractivity contribution in [2.45, 2.75) is 13.0 Å². The van der Waals surface area contributed by atoms with E-state index in [0.29, 0.717) is 45.0 Å². The first-order valence-electron chi connectivity index (χ1n) is 9.20. The lowest BCUT2D eigenvalue weighted by atomic mass is 10.2. The number of halogens is 2. The number of aromatic nitrogens is 1. The number of nitrogens with zero attached hydrogens (tertiary/aromatic N) is 4. The number of para-hydroxylation sites is 1. The van der Waals surface area contributed by atoms with Gasteiger partial charge < -0.3 is 15.5 Å². The maximum absolute atomic E-state index is 12.7. The third-order valence-electron chi connectivity index (χ3n) is 5.15. The topological polar surface area (TPSA) is 82.8 Å². The number of piperazine rings is 1. The summed E-state index contributed by atoms with van der Waals surface area (Å²) in [6, 6.07) is 8.09. The first-order valence-corrected chi connectivity index (χ1v) is 10.1. The summed E-state index contributed by atoms with van der Waals surface area (Å²) in [6.45, 7) is 4.11. The van der Waals surface area contributed by atoms with Crippen LogP contribution in [-0.4, -0.2) is 65.9 Å². The van der Waals surface area contributed by atoms with Gasteiger partial charge in [-0.05, 0) is 18.1 Å². The van der Waals surface area contributed by atoms with E-state index in [1.54, 1.807) is 5.38 Å². The fourth-order valence-electron chi connectivity index (χ4n) is 3.65. The van der Waals surface area contributed by atoms with Crippen LogP contribution < -0.4 is 10.6 Å². The number of carbonyl (C=O) groups excluding carboxylic acids is 2. The third kappa shape index (κ3) is 5.07. The second-order valence-corrected chi connectivity index (χ2v) is 7.77. The summed E-state index contributed by atoms with van der Waals surface area (Å²) in [5, 5.41) is 2.54. The normalized spacial score (nSPS) is 16.0. The molecule has 0 spiro atoms. The molecule has 7 nitrogen and oxygen atoms in total. The molecule has 10 heteroatoms. The molecule has 0 atom stereocenters. The Morgan fingerprint density at radius 3 is 2.48 bits per heavy atom. The van der Waals surface area contributed by atoms with Crippen LogP contribution in [0.2, 0.25) is 0 Å². The van der Waals surface area contributed by atoms with Crippen molar-refractivity contribution in [2.24, 2.45) is 5.73 Å². The fourth-order valence-corrected chi connectivity index (χ4v) is 4.30. The highest BCUT2D eigenvalue weighted by Gasteiger charge is 2.28. The standard InChI is InChI=1S/C19H23N5O2S.2ClH/c20-11-17-21-15(13-27-17)19(26)23-9-7-22(8-10-23)12-18(25)24-6-5-14-3-1-2-4-16(14)24;;/h1-4,13H,5-12,20H2;2*1H. The molecule has 0 radical (unpaired) electrons. The molecule has 3 heterocycles. The number of hydrogen-bond acceptors (Lipinski definition) is 6. The van der Waals surface area contributed by atoms with Crippen LogP contribution in [0.5, 0.6) is 0 Å². The van der Waals surface area contributed by atoms with Crippen molar-refractivity contribution in [3.8, 4) is 0 Å². The number of benzene rings is 1. The highest BCUT2D eigenvalue weighted by molar-refractivity contribution is 7.09. The second-order valence-electron chi connectivity index (χ2n) is 6.82. The van der Waals surface area contributed by atoms with Gasteiger partial charge in [-0.2, -0.15) is 0 Å². The number of fused-ring (bicyclic) bond motifs is 1. The molecule has 1 fully saturated rings. The van der Waals surface area contributed by atoms with Crippen LogP contribution in [0.1, 0.15) is 21.1 Å². The molecule has 2 aliphatic rings. The predicted octanol–water partition coefficient (Wildman–Crippen LogP) is 1.79. The number of hydrogen-bond donors (Lipinski definition) is 1. The minimum Gasteiger partial charge on any atom is -0.335 e. The Hall–Kier alpha value is -1.71. The molecule has 1 saturated heterocycles. The van der Waals surface area contributed by atoms with Gasteiger partial charge in [0.2, 0.25) is 5.91 Å². The van der Waals surface area contributed by atoms with E-state index in [9.17, 15) is 9.59 Å². The Morgan fingerprint density at radius 1 is 1.07 bits per heavy atom. The Bertz CT molecular complexity index is 855. The van der Waals surface area contributed by atoms with E-state index in [-0.39, 0.29) is 36.6 Å². The van der Waals surface area contributed by atoms with Crippen molar-refractivity contribution in [1.29, 1.82) is 0 Å². The number of amides is 2. The lowest BCUT2D eigenvalue weighted by Crippen LogP contribution is -2.51. The van der Waals surface area contributed by atoms with E-state index in [0.717, 1.165) is 23.7 Å². The van der Waals surface area contributed by atoms with Crippen molar-refractivity contribution in [2.75, 3.05) is 44.2 Å². The van der Waals surface area contributed by atoms with Gasteiger partial charge in [0.15, 0.2) is 0 Å². The molecular weight excluding hydrogens is 433 g/mol. The first-order chi connectivity index (χ1) is 13.2. The summed E-state index contributed by atoms with van der Waals surface area (Å²) in [7, 11) is 0. The maximum Gasteiger partial charge on any atom is 0.273 e. The average Bonchev–Trinajstić information content (AvgIpc) is 3.35. The Labute approximate surface area is 186 Å². The van der Waals surface area contributed by atoms with E-state index >= 15 is 0 Å². The molecule has 1 aromatic carbocycles. The van der Waals surface area contributed by atoms with Gasteiger partial charge in [0.05, 0.1) is 6.54 Å². The van der Waals surface area contributed by atoms with Gasteiger partial charge in [0.1, 0.15) is 10.7 Å². The minimum atomic E-state index is -0.0506. The Morgan fingerprint density at radius 2 is 1.79 bits per heavy atom. The summed E-state index contributed by atoms with van der Waals surface area (Å²) in [4.78, 5) is 35.4. The van der Waals surface area contributed by atoms with E-state index in [1.807, 2.05) is 28.0 Å². The van der Waals surface area contributed by atoms with Crippen molar-refractivity contribution in [1.82, 2.24) is 14.8 Å². The van der Waals surface area contributed by atoms with Gasteiger partial charge >= 0.3 is 0 Å². The van der Waals surface area contributed by atoms with Crippen molar-refractivity contribution in [3.63, 3.8) is 0 Å². The lowest BCUT2D eigenvalue weighted by molar-refractivity contribution is -0.120. The molecule has 0 aliphatic carbocycles. The van der Waals surface area contributed by atoms with Gasteiger partial charge in [-0.1, -0.05) is 18.2 Å². The molecule has 2 N–H and O–H groups in total. The van der Waals surface area contributed by atoms with Gasteiger partial charge in [-0.3, -0.25) is 14.5 Å². The molecule has 158 valence electrons. The van der Waals surface area contributed by atoms with E-state index < -0.39 is 0 Å². The fraction of sp³-hybridized carbons (Fsp3) is 0.421. The van der Waals surface area contributed by atoms with Gasteiger partial charge in [0.25, 0.3) is 5.91 Å². The Kier molecular flexibility index (Phi) is 8.42. The molecule has 4 rings (SSSR count). The zero-order valence-electron chi connectivity index (χ0n) is 16.0. The number of nitrogens with two attached hydrogens (primary N) is 1. The van der Waals surface area contributed by atoms with Crippen LogP contribution in [-0.2, 0) is 17.8 Å². The number of anilines is 1. The SMILES string of the molecule is Cl.Cl.NCc1nc(C(=O)N2CCN(CC(=O)N3CCc4ccccc43)CC2)cs1. The lowest BCUT2D eigenvalue weighted by Gasteiger charge is -2.34. The molecule has 0 unspecified atom stereocenters. The number of carbonyl (C=O) groups is 2. The molecule has 29 heavy (non-hydrogen) atoms. The molecule has 2 amide bonds. The number of thiazole rings is 1. The summed E-state index contributed by atoms with van der Waals surface area (Å²) in [5.41, 5.74) is 8.31. The molecular formula is C19H25Cl2N5O2S. The largest absolute Gasteiger partial charge is 0.335 e. The van der Waals surface area contributed by atoms with Crippen LogP contribution >= 0.6 is 36.2 Å².